The van der Waals surface area contributed by atoms with Gasteiger partial charge in [-0.25, -0.2) is 9.37 Å². The molecule has 0 spiro atoms. The van der Waals surface area contributed by atoms with Crippen LogP contribution in [-0.4, -0.2) is 15.1 Å². The average Bonchev–Trinajstić information content (AvgIpc) is 2.99. The molecule has 106 valence electrons. The van der Waals surface area contributed by atoms with Crippen LogP contribution in [0.2, 0.25) is 0 Å². The molecule has 0 aliphatic heterocycles. The predicted molar refractivity (Wildman–Crippen MR) is 80.4 cm³/mol. The Balaban J connectivity index is 1.98. The van der Waals surface area contributed by atoms with Gasteiger partial charge in [-0.05, 0) is 25.1 Å². The molecule has 1 atom stereocenters. The van der Waals surface area contributed by atoms with Gasteiger partial charge in [0.05, 0.1) is 5.69 Å². The third-order valence-electron chi connectivity index (χ3n) is 3.26. The van der Waals surface area contributed by atoms with E-state index in [1.54, 1.807) is 43.6 Å². The first-order chi connectivity index (χ1) is 10.1. The standard InChI is InChI=1S/C16H13FN2OS/c1-16(20,12-5-3-7-18-9-12)15-19-14(10-21-15)11-4-2-6-13(17)8-11/h2-10,20H,1H3. The largest absolute Gasteiger partial charge is 0.378 e. The third-order valence-corrected chi connectivity index (χ3v) is 4.32. The van der Waals surface area contributed by atoms with E-state index in [1.165, 1.54) is 23.5 Å². The van der Waals surface area contributed by atoms with Crippen molar-refractivity contribution in [3.63, 3.8) is 0 Å². The summed E-state index contributed by atoms with van der Waals surface area (Å²) in [5.41, 5.74) is 0.799. The van der Waals surface area contributed by atoms with Crippen molar-refractivity contribution in [2.24, 2.45) is 0 Å². The number of halogens is 1. The lowest BCUT2D eigenvalue weighted by Crippen LogP contribution is -2.22. The van der Waals surface area contributed by atoms with Gasteiger partial charge >= 0.3 is 0 Å². The highest BCUT2D eigenvalue weighted by Crippen LogP contribution is 2.33. The number of aromatic nitrogens is 2. The van der Waals surface area contributed by atoms with Crippen molar-refractivity contribution in [3.05, 3.63) is 70.6 Å². The molecule has 0 saturated carbocycles. The molecule has 1 unspecified atom stereocenters. The van der Waals surface area contributed by atoms with Crippen LogP contribution in [0.25, 0.3) is 11.3 Å². The highest BCUT2D eigenvalue weighted by Gasteiger charge is 2.29. The quantitative estimate of drug-likeness (QED) is 0.804. The molecule has 0 saturated heterocycles. The molecule has 3 rings (SSSR count). The van der Waals surface area contributed by atoms with Gasteiger partial charge in [-0.2, -0.15) is 0 Å². The second-order valence-corrected chi connectivity index (χ2v) is 5.72. The zero-order chi connectivity index (χ0) is 14.9. The van der Waals surface area contributed by atoms with E-state index >= 15 is 0 Å². The fourth-order valence-electron chi connectivity index (χ4n) is 2.05. The number of aliphatic hydroxyl groups is 1. The third kappa shape index (κ3) is 2.70. The monoisotopic (exact) mass is 300 g/mol. The normalized spacial score (nSPS) is 13.9. The van der Waals surface area contributed by atoms with E-state index in [2.05, 4.69) is 9.97 Å². The lowest BCUT2D eigenvalue weighted by atomic mass is 9.99. The molecule has 0 aliphatic carbocycles. The molecule has 1 N–H and O–H groups in total. The zero-order valence-electron chi connectivity index (χ0n) is 11.3. The van der Waals surface area contributed by atoms with Crippen molar-refractivity contribution in [2.75, 3.05) is 0 Å². The maximum Gasteiger partial charge on any atom is 0.140 e. The van der Waals surface area contributed by atoms with Gasteiger partial charge in [-0.1, -0.05) is 18.2 Å². The average molecular weight is 300 g/mol. The van der Waals surface area contributed by atoms with Crippen LogP contribution in [0.5, 0.6) is 0 Å². The number of thiazole rings is 1. The number of pyridine rings is 1. The Morgan fingerprint density at radius 2 is 2.10 bits per heavy atom. The summed E-state index contributed by atoms with van der Waals surface area (Å²) in [7, 11) is 0. The molecule has 21 heavy (non-hydrogen) atoms. The van der Waals surface area contributed by atoms with E-state index in [9.17, 15) is 9.50 Å². The maximum atomic E-state index is 13.3. The summed E-state index contributed by atoms with van der Waals surface area (Å²) in [4.78, 5) is 8.46. The summed E-state index contributed by atoms with van der Waals surface area (Å²) in [6, 6.07) is 9.82. The fraction of sp³-hybridized carbons (Fsp3) is 0.125. The molecule has 2 aromatic heterocycles. The van der Waals surface area contributed by atoms with E-state index in [0.717, 1.165) is 0 Å². The zero-order valence-corrected chi connectivity index (χ0v) is 12.1. The summed E-state index contributed by atoms with van der Waals surface area (Å²) in [5, 5.41) is 13.1. The molecular weight excluding hydrogens is 287 g/mol. The van der Waals surface area contributed by atoms with Gasteiger partial charge in [0.2, 0.25) is 0 Å². The summed E-state index contributed by atoms with van der Waals surface area (Å²) in [6.45, 7) is 1.68. The topological polar surface area (TPSA) is 46.0 Å². The minimum atomic E-state index is -1.22. The van der Waals surface area contributed by atoms with E-state index in [1.807, 2.05) is 5.38 Å². The van der Waals surface area contributed by atoms with Gasteiger partial charge in [-0.3, -0.25) is 4.98 Å². The summed E-state index contributed by atoms with van der Waals surface area (Å²) >= 11 is 1.34. The molecule has 0 aliphatic rings. The Kier molecular flexibility index (Phi) is 3.53. The minimum absolute atomic E-state index is 0.305. The van der Waals surface area contributed by atoms with Gasteiger partial charge < -0.3 is 5.11 Å². The Morgan fingerprint density at radius 1 is 1.24 bits per heavy atom. The molecular formula is C16H13FN2OS. The van der Waals surface area contributed by atoms with Gasteiger partial charge in [0.15, 0.2) is 0 Å². The molecule has 3 aromatic rings. The number of hydrogen-bond acceptors (Lipinski definition) is 4. The Morgan fingerprint density at radius 3 is 2.81 bits per heavy atom. The second kappa shape index (κ2) is 5.35. The minimum Gasteiger partial charge on any atom is -0.378 e. The highest BCUT2D eigenvalue weighted by atomic mass is 32.1. The number of hydrogen-bond donors (Lipinski definition) is 1. The molecule has 3 nitrogen and oxygen atoms in total. The fourth-order valence-corrected chi connectivity index (χ4v) is 2.96. The molecule has 0 radical (unpaired) electrons. The van der Waals surface area contributed by atoms with Crippen molar-refractivity contribution >= 4 is 11.3 Å². The molecule has 0 bridgehead atoms. The van der Waals surface area contributed by atoms with Gasteiger partial charge in [0, 0.05) is 28.9 Å². The molecule has 2 heterocycles. The lowest BCUT2D eigenvalue weighted by Gasteiger charge is -2.20. The van der Waals surface area contributed by atoms with Crippen LogP contribution in [0.3, 0.4) is 0 Å². The van der Waals surface area contributed by atoms with Gasteiger partial charge in [-0.15, -0.1) is 11.3 Å². The highest BCUT2D eigenvalue weighted by molar-refractivity contribution is 7.10. The summed E-state index contributed by atoms with van der Waals surface area (Å²) in [5.74, 6) is -0.305. The van der Waals surface area contributed by atoms with Crippen molar-refractivity contribution in [1.82, 2.24) is 9.97 Å². The summed E-state index contributed by atoms with van der Waals surface area (Å²) in [6.07, 6.45) is 3.27. The maximum absolute atomic E-state index is 13.3. The molecule has 5 heteroatoms. The van der Waals surface area contributed by atoms with E-state index in [0.29, 0.717) is 21.8 Å². The lowest BCUT2D eigenvalue weighted by molar-refractivity contribution is 0.102. The van der Waals surface area contributed by atoms with Crippen LogP contribution in [0, 0.1) is 5.82 Å². The Labute approximate surface area is 125 Å². The van der Waals surface area contributed by atoms with Crippen molar-refractivity contribution in [2.45, 2.75) is 12.5 Å². The Hall–Kier alpha value is -2.11. The van der Waals surface area contributed by atoms with E-state index < -0.39 is 5.60 Å². The number of nitrogens with zero attached hydrogens (tertiary/aromatic N) is 2. The molecule has 1 aromatic carbocycles. The second-order valence-electron chi connectivity index (χ2n) is 4.86. The van der Waals surface area contributed by atoms with Gasteiger partial charge in [0.1, 0.15) is 16.4 Å². The van der Waals surface area contributed by atoms with Crippen LogP contribution in [0.1, 0.15) is 17.5 Å². The van der Waals surface area contributed by atoms with Crippen LogP contribution in [-0.2, 0) is 5.60 Å². The van der Waals surface area contributed by atoms with E-state index in [-0.39, 0.29) is 5.82 Å². The van der Waals surface area contributed by atoms with Crippen LogP contribution >= 0.6 is 11.3 Å². The number of benzene rings is 1. The summed E-state index contributed by atoms with van der Waals surface area (Å²) < 4.78 is 13.3. The first kappa shape index (κ1) is 13.9. The molecule has 0 amide bonds. The Bertz CT molecular complexity index is 756. The van der Waals surface area contributed by atoms with Crippen molar-refractivity contribution < 1.29 is 9.50 Å². The SMILES string of the molecule is CC(O)(c1cccnc1)c1nc(-c2cccc(F)c2)cs1. The predicted octanol–water partition coefficient (Wildman–Crippen LogP) is 3.60. The smallest absolute Gasteiger partial charge is 0.140 e. The first-order valence-corrected chi connectivity index (χ1v) is 7.30. The van der Waals surface area contributed by atoms with Gasteiger partial charge in [0.25, 0.3) is 0 Å². The number of rotatable bonds is 3. The van der Waals surface area contributed by atoms with Crippen molar-refractivity contribution in [1.29, 1.82) is 0 Å². The molecule has 0 fully saturated rings. The van der Waals surface area contributed by atoms with Crippen molar-refractivity contribution in [3.8, 4) is 11.3 Å². The van der Waals surface area contributed by atoms with Crippen LogP contribution < -0.4 is 0 Å². The van der Waals surface area contributed by atoms with Crippen LogP contribution in [0.15, 0.2) is 54.2 Å². The van der Waals surface area contributed by atoms with E-state index in [4.69, 9.17) is 0 Å². The first-order valence-electron chi connectivity index (χ1n) is 6.42. The van der Waals surface area contributed by atoms with Crippen LogP contribution in [0.4, 0.5) is 4.39 Å².